The zero-order valence-electron chi connectivity index (χ0n) is 17.0. The Labute approximate surface area is 165 Å². The molecule has 0 amide bonds. The van der Waals surface area contributed by atoms with Gasteiger partial charge in [-0.2, -0.15) is 0 Å². The van der Waals surface area contributed by atoms with Crippen molar-refractivity contribution in [3.05, 3.63) is 70.8 Å². The molecule has 140 valence electrons. The zero-order chi connectivity index (χ0) is 18.7. The van der Waals surface area contributed by atoms with Crippen LogP contribution in [0.25, 0.3) is 0 Å². The van der Waals surface area contributed by atoms with Gasteiger partial charge in [0.25, 0.3) is 0 Å². The van der Waals surface area contributed by atoms with Crippen LogP contribution in [0.4, 0.5) is 0 Å². The Bertz CT molecular complexity index is 802. The second-order valence-electron chi connectivity index (χ2n) is 8.81. The summed E-state index contributed by atoms with van der Waals surface area (Å²) in [5, 5.41) is 0. The Morgan fingerprint density at radius 1 is 0.741 bits per heavy atom. The highest BCUT2D eigenvalue weighted by molar-refractivity contribution is 5.39. The van der Waals surface area contributed by atoms with Crippen LogP contribution >= 0.6 is 0 Å². The van der Waals surface area contributed by atoms with Gasteiger partial charge in [-0.1, -0.05) is 68.5 Å². The lowest BCUT2D eigenvalue weighted by molar-refractivity contribution is 0.0865. The van der Waals surface area contributed by atoms with E-state index in [1.54, 1.807) is 5.56 Å². The summed E-state index contributed by atoms with van der Waals surface area (Å²) in [6.45, 7) is 4.46. The molecule has 0 heterocycles. The van der Waals surface area contributed by atoms with Gasteiger partial charge in [-0.05, 0) is 85.6 Å². The number of rotatable bonds is 4. The van der Waals surface area contributed by atoms with Gasteiger partial charge in [-0.25, -0.2) is 0 Å². The maximum Gasteiger partial charge on any atom is 0.0319 e. The van der Waals surface area contributed by atoms with Crippen LogP contribution in [0.1, 0.15) is 81.0 Å². The summed E-state index contributed by atoms with van der Waals surface area (Å²) in [6, 6.07) is 18.4. The van der Waals surface area contributed by atoms with E-state index in [-0.39, 0.29) is 5.41 Å². The van der Waals surface area contributed by atoms with E-state index in [9.17, 15) is 0 Å². The van der Waals surface area contributed by atoms with E-state index in [4.69, 9.17) is 0 Å². The van der Waals surface area contributed by atoms with Crippen LogP contribution in [0, 0.1) is 17.3 Å². The second-order valence-corrected chi connectivity index (χ2v) is 8.81. The number of hydrogen-bond acceptors (Lipinski definition) is 0. The molecule has 3 fully saturated rings. The van der Waals surface area contributed by atoms with Crippen molar-refractivity contribution in [3.8, 4) is 11.8 Å². The third-order valence-corrected chi connectivity index (χ3v) is 7.19. The first-order chi connectivity index (χ1) is 13.2. The van der Waals surface area contributed by atoms with Gasteiger partial charge in [-0.15, -0.1) is 0 Å². The molecule has 27 heavy (non-hydrogen) atoms. The van der Waals surface area contributed by atoms with Crippen molar-refractivity contribution < 1.29 is 0 Å². The van der Waals surface area contributed by atoms with Gasteiger partial charge in [0.2, 0.25) is 0 Å². The molecule has 0 aromatic heterocycles. The third kappa shape index (κ3) is 3.70. The van der Waals surface area contributed by atoms with Gasteiger partial charge in [0.05, 0.1) is 0 Å². The molecule has 0 atom stereocenters. The standard InChI is InChI=1S/C27H32/c1-3-5-23-10-12-25(13-11-23)27-19-16-26(17-20-27,18-21-27)15-14-24-8-6-22(4-2)7-9-24/h6-13H,3-5,16-21H2,1-2H3. The fraction of sp³-hybridized carbons (Fsp3) is 0.481. The second kappa shape index (κ2) is 7.55. The highest BCUT2D eigenvalue weighted by atomic mass is 14.5. The lowest BCUT2D eigenvalue weighted by atomic mass is 9.52. The van der Waals surface area contributed by atoms with Crippen molar-refractivity contribution in [2.45, 2.75) is 77.0 Å². The Kier molecular flexibility index (Phi) is 5.14. The molecule has 0 nitrogen and oxygen atoms in total. The zero-order valence-corrected chi connectivity index (χ0v) is 17.0. The number of benzene rings is 2. The first-order valence-corrected chi connectivity index (χ1v) is 10.9. The van der Waals surface area contributed by atoms with Crippen LogP contribution in [-0.4, -0.2) is 0 Å². The van der Waals surface area contributed by atoms with E-state index in [0.717, 1.165) is 6.42 Å². The van der Waals surface area contributed by atoms with Crippen LogP contribution in [0.3, 0.4) is 0 Å². The Morgan fingerprint density at radius 2 is 1.33 bits per heavy atom. The Balaban J connectivity index is 1.47. The largest absolute Gasteiger partial charge is 0.0911 e. The maximum absolute atomic E-state index is 3.72. The van der Waals surface area contributed by atoms with Crippen LogP contribution in [0.2, 0.25) is 0 Å². The highest BCUT2D eigenvalue weighted by Gasteiger charge is 2.48. The van der Waals surface area contributed by atoms with Crippen molar-refractivity contribution in [1.29, 1.82) is 0 Å². The van der Waals surface area contributed by atoms with Crippen molar-refractivity contribution >= 4 is 0 Å². The first kappa shape index (κ1) is 18.4. The summed E-state index contributed by atoms with van der Waals surface area (Å²) in [7, 11) is 0. The lowest BCUT2D eigenvalue weighted by Crippen LogP contribution is -2.43. The molecule has 0 spiro atoms. The topological polar surface area (TPSA) is 0 Å². The van der Waals surface area contributed by atoms with Gasteiger partial charge in [0.1, 0.15) is 0 Å². The maximum atomic E-state index is 3.72. The highest BCUT2D eigenvalue weighted by Crippen LogP contribution is 2.57. The van der Waals surface area contributed by atoms with E-state index < -0.39 is 0 Å². The van der Waals surface area contributed by atoms with Crippen LogP contribution in [-0.2, 0) is 18.3 Å². The van der Waals surface area contributed by atoms with E-state index in [1.165, 1.54) is 68.1 Å². The summed E-state index contributed by atoms with van der Waals surface area (Å²) in [5.74, 6) is 7.23. The van der Waals surface area contributed by atoms with Crippen molar-refractivity contribution in [2.24, 2.45) is 5.41 Å². The Hall–Kier alpha value is -2.00. The van der Waals surface area contributed by atoms with E-state index in [1.807, 2.05) is 0 Å². The summed E-state index contributed by atoms with van der Waals surface area (Å²) in [6.07, 6.45) is 11.3. The van der Waals surface area contributed by atoms with Crippen LogP contribution in [0.5, 0.6) is 0 Å². The molecule has 0 unspecified atom stereocenters. The van der Waals surface area contributed by atoms with Gasteiger partial charge in [-0.3, -0.25) is 0 Å². The third-order valence-electron chi connectivity index (χ3n) is 7.19. The molecule has 2 aromatic carbocycles. The van der Waals surface area contributed by atoms with Crippen LogP contribution < -0.4 is 0 Å². The lowest BCUT2D eigenvalue weighted by Gasteiger charge is -2.51. The monoisotopic (exact) mass is 356 g/mol. The van der Waals surface area contributed by atoms with Gasteiger partial charge < -0.3 is 0 Å². The fourth-order valence-electron chi connectivity index (χ4n) is 5.15. The predicted molar refractivity (Wildman–Crippen MR) is 115 cm³/mol. The molecule has 2 aromatic rings. The van der Waals surface area contributed by atoms with Crippen molar-refractivity contribution in [2.75, 3.05) is 0 Å². The van der Waals surface area contributed by atoms with Gasteiger partial charge >= 0.3 is 0 Å². The summed E-state index contributed by atoms with van der Waals surface area (Å²) in [4.78, 5) is 0. The number of fused-ring (bicyclic) bond motifs is 3. The summed E-state index contributed by atoms with van der Waals surface area (Å²) >= 11 is 0. The van der Waals surface area contributed by atoms with Gasteiger partial charge in [0.15, 0.2) is 0 Å². The molecule has 2 bridgehead atoms. The average Bonchev–Trinajstić information content (AvgIpc) is 2.75. The smallest absolute Gasteiger partial charge is 0.0319 e. The average molecular weight is 357 g/mol. The number of hydrogen-bond donors (Lipinski definition) is 0. The first-order valence-electron chi connectivity index (χ1n) is 10.9. The Morgan fingerprint density at radius 3 is 1.89 bits per heavy atom. The molecule has 3 aliphatic carbocycles. The fourth-order valence-corrected chi connectivity index (χ4v) is 5.15. The van der Waals surface area contributed by atoms with E-state index in [0.29, 0.717) is 5.41 Å². The molecule has 0 saturated heterocycles. The van der Waals surface area contributed by atoms with Crippen molar-refractivity contribution in [1.82, 2.24) is 0 Å². The van der Waals surface area contributed by atoms with E-state index >= 15 is 0 Å². The molecular weight excluding hydrogens is 324 g/mol. The number of aryl methyl sites for hydroxylation is 2. The molecule has 5 rings (SSSR count). The normalized spacial score (nSPS) is 26.4. The molecule has 0 radical (unpaired) electrons. The SMILES string of the molecule is CCCc1ccc(C23CCC(C#Cc4ccc(CC)cc4)(CC2)CC3)cc1. The summed E-state index contributed by atoms with van der Waals surface area (Å²) < 4.78 is 0. The molecule has 3 aliphatic rings. The molecule has 0 aliphatic heterocycles. The van der Waals surface area contributed by atoms with Crippen LogP contribution in [0.15, 0.2) is 48.5 Å². The molecule has 0 heteroatoms. The quantitative estimate of drug-likeness (QED) is 0.526. The molecular formula is C27H32. The molecule has 0 N–H and O–H groups in total. The minimum atomic E-state index is 0.271. The van der Waals surface area contributed by atoms with Crippen molar-refractivity contribution in [3.63, 3.8) is 0 Å². The van der Waals surface area contributed by atoms with E-state index in [2.05, 4.69) is 74.2 Å². The molecule has 3 saturated carbocycles. The summed E-state index contributed by atoms with van der Waals surface area (Å²) in [5.41, 5.74) is 6.33. The minimum absolute atomic E-state index is 0.271. The predicted octanol–water partition coefficient (Wildman–Crippen LogP) is 6.85. The minimum Gasteiger partial charge on any atom is -0.0911 e. The van der Waals surface area contributed by atoms with Gasteiger partial charge in [0, 0.05) is 11.0 Å².